The summed E-state index contributed by atoms with van der Waals surface area (Å²) in [4.78, 5) is 0. The van der Waals surface area contributed by atoms with Crippen molar-refractivity contribution < 1.29 is 4.74 Å². The average molecular weight is 303 g/mol. The third-order valence-corrected chi connectivity index (χ3v) is 5.93. The molecule has 1 nitrogen and oxygen atoms in total. The van der Waals surface area contributed by atoms with E-state index in [1.165, 1.54) is 44.9 Å². The fraction of sp³-hybridized carbons (Fsp3) is 0.714. The molecule has 2 aliphatic carbocycles. The van der Waals surface area contributed by atoms with Crippen LogP contribution in [-0.4, -0.2) is 13.7 Å². The van der Waals surface area contributed by atoms with E-state index in [4.69, 9.17) is 4.74 Å². The molecule has 1 aromatic carbocycles. The number of rotatable bonds is 4. The van der Waals surface area contributed by atoms with E-state index in [9.17, 15) is 0 Å². The van der Waals surface area contributed by atoms with Crippen LogP contribution in [0.25, 0.3) is 0 Å². The van der Waals surface area contributed by atoms with Crippen LogP contribution in [0.4, 0.5) is 0 Å². The topological polar surface area (TPSA) is 9.23 Å². The van der Waals surface area contributed by atoms with Gasteiger partial charge in [-0.05, 0) is 60.5 Å². The number of methoxy groups -OCH3 is 1. The fourth-order valence-electron chi connectivity index (χ4n) is 5.16. The van der Waals surface area contributed by atoms with Crippen LogP contribution >= 0.6 is 0 Å². The molecule has 0 aromatic heterocycles. The van der Waals surface area contributed by atoms with Gasteiger partial charge in [-0.1, -0.05) is 57.9 Å². The molecule has 2 aliphatic rings. The lowest BCUT2D eigenvalue weighted by Gasteiger charge is -2.53. The Balaban J connectivity index is 0.000000847. The number of aryl methyl sites for hydroxylation is 1. The van der Waals surface area contributed by atoms with Crippen molar-refractivity contribution in [2.24, 2.45) is 11.3 Å². The summed E-state index contributed by atoms with van der Waals surface area (Å²) in [6.45, 7) is 7.31. The number of hydrogen-bond donors (Lipinski definition) is 0. The highest BCUT2D eigenvalue weighted by molar-refractivity contribution is 5.36. The van der Waals surface area contributed by atoms with Gasteiger partial charge in [0, 0.05) is 13.7 Å². The van der Waals surface area contributed by atoms with E-state index in [1.807, 2.05) is 21.0 Å². The molecular formula is C21H34O. The molecule has 1 fully saturated rings. The first-order valence-electron chi connectivity index (χ1n) is 9.38. The van der Waals surface area contributed by atoms with Crippen molar-refractivity contribution in [1.29, 1.82) is 0 Å². The van der Waals surface area contributed by atoms with Crippen LogP contribution < -0.4 is 0 Å². The lowest BCUT2D eigenvalue weighted by Crippen LogP contribution is -2.44. The number of hydrogen-bond acceptors (Lipinski definition) is 1. The van der Waals surface area contributed by atoms with Crippen molar-refractivity contribution >= 4 is 0 Å². The summed E-state index contributed by atoms with van der Waals surface area (Å²) in [5, 5.41) is 0. The predicted octanol–water partition coefficient (Wildman–Crippen LogP) is 5.98. The summed E-state index contributed by atoms with van der Waals surface area (Å²) in [5.41, 5.74) is 3.78. The first-order chi connectivity index (χ1) is 10.8. The molecule has 124 valence electrons. The summed E-state index contributed by atoms with van der Waals surface area (Å²) in [7, 11) is 1.88. The Morgan fingerprint density at radius 2 is 1.95 bits per heavy atom. The lowest BCUT2D eigenvalue weighted by molar-refractivity contribution is -0.0124. The van der Waals surface area contributed by atoms with Gasteiger partial charge in [0.25, 0.3) is 0 Å². The summed E-state index contributed by atoms with van der Waals surface area (Å²) >= 11 is 0. The number of fused-ring (bicyclic) bond motifs is 3. The Morgan fingerprint density at radius 1 is 1.18 bits per heavy atom. The Labute approximate surface area is 137 Å². The minimum absolute atomic E-state index is 0.511. The molecule has 0 N–H and O–H groups in total. The van der Waals surface area contributed by atoms with Gasteiger partial charge in [0.2, 0.25) is 0 Å². The zero-order chi connectivity index (χ0) is 16.0. The first-order valence-corrected chi connectivity index (χ1v) is 9.38. The molecule has 3 atom stereocenters. The van der Waals surface area contributed by atoms with E-state index in [-0.39, 0.29) is 0 Å². The summed E-state index contributed by atoms with van der Waals surface area (Å²) < 4.78 is 5.59. The molecule has 0 radical (unpaired) electrons. The standard InChI is InChI=1S/C19H28O.C2H6/c1-3-12-19-13-11-15-7-4-5-9-17(15)18(19)10-6-8-16(19)14-20-2;1-2/h4-5,7,9,16,18H,3,6,8,10-14H2,1-2H3;1-2H3/t16-,18?,19?;/m1./s1. The first kappa shape index (κ1) is 17.5. The molecule has 0 bridgehead atoms. The highest BCUT2D eigenvalue weighted by atomic mass is 16.5. The molecule has 0 saturated heterocycles. The van der Waals surface area contributed by atoms with E-state index in [0.717, 1.165) is 18.4 Å². The monoisotopic (exact) mass is 302 g/mol. The van der Waals surface area contributed by atoms with Crippen molar-refractivity contribution in [2.75, 3.05) is 13.7 Å². The molecular weight excluding hydrogens is 268 g/mol. The molecule has 0 spiro atoms. The second-order valence-corrected chi connectivity index (χ2v) is 6.82. The maximum Gasteiger partial charge on any atom is 0.0496 e. The molecule has 0 heterocycles. The van der Waals surface area contributed by atoms with Crippen molar-refractivity contribution in [1.82, 2.24) is 0 Å². The SMILES string of the molecule is CC.CCCC12CCc3ccccc3C1CCC[C@@H]2COC. The second kappa shape index (κ2) is 8.15. The van der Waals surface area contributed by atoms with Gasteiger partial charge in [0.1, 0.15) is 0 Å². The van der Waals surface area contributed by atoms with Gasteiger partial charge < -0.3 is 4.74 Å². The lowest BCUT2D eigenvalue weighted by atomic mass is 9.52. The maximum atomic E-state index is 5.59. The zero-order valence-corrected chi connectivity index (χ0v) is 15.0. The minimum Gasteiger partial charge on any atom is -0.384 e. The Hall–Kier alpha value is -0.820. The van der Waals surface area contributed by atoms with Crippen LogP contribution in [0.1, 0.15) is 76.3 Å². The minimum atomic E-state index is 0.511. The molecule has 1 heteroatoms. The van der Waals surface area contributed by atoms with Gasteiger partial charge >= 0.3 is 0 Å². The largest absolute Gasteiger partial charge is 0.384 e. The van der Waals surface area contributed by atoms with Gasteiger partial charge in [-0.2, -0.15) is 0 Å². The van der Waals surface area contributed by atoms with E-state index < -0.39 is 0 Å². The molecule has 2 unspecified atom stereocenters. The van der Waals surface area contributed by atoms with Crippen LogP contribution in [0.5, 0.6) is 0 Å². The number of benzene rings is 1. The normalized spacial score (nSPS) is 29.8. The molecule has 1 saturated carbocycles. The van der Waals surface area contributed by atoms with Gasteiger partial charge in [-0.3, -0.25) is 0 Å². The average Bonchev–Trinajstić information content (AvgIpc) is 2.58. The number of ether oxygens (including phenoxy) is 1. The summed E-state index contributed by atoms with van der Waals surface area (Å²) in [5.74, 6) is 1.54. The Morgan fingerprint density at radius 3 is 2.68 bits per heavy atom. The van der Waals surface area contributed by atoms with Crippen LogP contribution in [0.3, 0.4) is 0 Å². The third kappa shape index (κ3) is 3.11. The predicted molar refractivity (Wildman–Crippen MR) is 95.4 cm³/mol. The van der Waals surface area contributed by atoms with Crippen molar-refractivity contribution in [2.45, 2.75) is 71.6 Å². The van der Waals surface area contributed by atoms with Crippen LogP contribution in [0.2, 0.25) is 0 Å². The van der Waals surface area contributed by atoms with E-state index >= 15 is 0 Å². The Bertz CT molecular complexity index is 451. The maximum absolute atomic E-state index is 5.59. The van der Waals surface area contributed by atoms with Crippen LogP contribution in [0.15, 0.2) is 24.3 Å². The summed E-state index contributed by atoms with van der Waals surface area (Å²) in [6.07, 6.45) is 9.45. The molecule has 0 aliphatic heterocycles. The van der Waals surface area contributed by atoms with Crippen LogP contribution in [-0.2, 0) is 11.2 Å². The van der Waals surface area contributed by atoms with Crippen LogP contribution in [0, 0.1) is 11.3 Å². The van der Waals surface area contributed by atoms with Crippen molar-refractivity contribution in [3.05, 3.63) is 35.4 Å². The Kier molecular flexibility index (Phi) is 6.50. The molecule has 3 rings (SSSR count). The molecule has 0 amide bonds. The fourth-order valence-corrected chi connectivity index (χ4v) is 5.16. The van der Waals surface area contributed by atoms with E-state index in [1.54, 1.807) is 11.1 Å². The molecule has 1 aromatic rings. The van der Waals surface area contributed by atoms with E-state index in [0.29, 0.717) is 5.41 Å². The van der Waals surface area contributed by atoms with E-state index in [2.05, 4.69) is 31.2 Å². The van der Waals surface area contributed by atoms with Crippen molar-refractivity contribution in [3.8, 4) is 0 Å². The van der Waals surface area contributed by atoms with Gasteiger partial charge in [0.15, 0.2) is 0 Å². The second-order valence-electron chi connectivity index (χ2n) is 6.82. The zero-order valence-electron chi connectivity index (χ0n) is 15.0. The van der Waals surface area contributed by atoms with Gasteiger partial charge in [-0.15, -0.1) is 0 Å². The summed E-state index contributed by atoms with van der Waals surface area (Å²) in [6, 6.07) is 9.20. The van der Waals surface area contributed by atoms with Crippen molar-refractivity contribution in [3.63, 3.8) is 0 Å². The smallest absolute Gasteiger partial charge is 0.0496 e. The third-order valence-electron chi connectivity index (χ3n) is 5.93. The van der Waals surface area contributed by atoms with Gasteiger partial charge in [-0.25, -0.2) is 0 Å². The molecule has 22 heavy (non-hydrogen) atoms. The van der Waals surface area contributed by atoms with Gasteiger partial charge in [0.05, 0.1) is 0 Å². The highest BCUT2D eigenvalue weighted by Gasteiger charge is 2.49. The quantitative estimate of drug-likeness (QED) is 0.665. The highest BCUT2D eigenvalue weighted by Crippen LogP contribution is 2.58.